The standard InChI is InChI=1S/C17H20N2O3S/c1-13-3-5-16(6-4-13)23(20,21)19-8-7-17-14(11-19)9-18-10-15(17)12-22-2/h3-6,9-10H,7-8,11-12H2,1-2H3. The van der Waals surface area contributed by atoms with E-state index < -0.39 is 10.0 Å². The lowest BCUT2D eigenvalue weighted by Gasteiger charge is -2.29. The molecule has 6 heteroatoms. The molecule has 0 N–H and O–H groups in total. The van der Waals surface area contributed by atoms with Crippen molar-refractivity contribution in [2.24, 2.45) is 0 Å². The molecule has 3 rings (SSSR count). The third-order valence-corrected chi connectivity index (χ3v) is 6.01. The molecular weight excluding hydrogens is 312 g/mol. The smallest absolute Gasteiger partial charge is 0.243 e. The van der Waals surface area contributed by atoms with E-state index in [0.29, 0.717) is 31.0 Å². The largest absolute Gasteiger partial charge is 0.380 e. The van der Waals surface area contributed by atoms with E-state index in [1.54, 1.807) is 31.6 Å². The lowest BCUT2D eigenvalue weighted by Crippen LogP contribution is -2.36. The molecule has 122 valence electrons. The molecule has 5 nitrogen and oxygen atoms in total. The van der Waals surface area contributed by atoms with E-state index in [1.807, 2.05) is 19.1 Å². The van der Waals surface area contributed by atoms with Crippen molar-refractivity contribution in [1.82, 2.24) is 9.29 Å². The van der Waals surface area contributed by atoms with Gasteiger partial charge in [-0.3, -0.25) is 4.98 Å². The average molecular weight is 332 g/mol. The van der Waals surface area contributed by atoms with Crippen LogP contribution in [-0.2, 0) is 34.3 Å². The van der Waals surface area contributed by atoms with Crippen LogP contribution in [-0.4, -0.2) is 31.4 Å². The Morgan fingerprint density at radius 3 is 2.65 bits per heavy atom. The molecule has 1 aromatic carbocycles. The number of ether oxygens (including phenoxy) is 1. The quantitative estimate of drug-likeness (QED) is 0.862. The van der Waals surface area contributed by atoms with Crippen LogP contribution in [0.25, 0.3) is 0 Å². The second-order valence-electron chi connectivity index (χ2n) is 5.77. The highest BCUT2D eigenvalue weighted by molar-refractivity contribution is 7.89. The number of methoxy groups -OCH3 is 1. The summed E-state index contributed by atoms with van der Waals surface area (Å²) < 4.78 is 32.3. The van der Waals surface area contributed by atoms with Crippen molar-refractivity contribution in [3.63, 3.8) is 0 Å². The van der Waals surface area contributed by atoms with Gasteiger partial charge in [0.15, 0.2) is 0 Å². The lowest BCUT2D eigenvalue weighted by molar-refractivity contribution is 0.183. The Hall–Kier alpha value is -1.76. The number of pyridine rings is 1. The number of hydrogen-bond acceptors (Lipinski definition) is 4. The monoisotopic (exact) mass is 332 g/mol. The minimum atomic E-state index is -3.47. The maximum Gasteiger partial charge on any atom is 0.243 e. The zero-order chi connectivity index (χ0) is 16.4. The number of benzene rings is 1. The summed E-state index contributed by atoms with van der Waals surface area (Å²) in [4.78, 5) is 4.56. The van der Waals surface area contributed by atoms with Crippen molar-refractivity contribution in [3.8, 4) is 0 Å². The zero-order valence-corrected chi connectivity index (χ0v) is 14.1. The Bertz CT molecular complexity index is 801. The number of nitrogens with zero attached hydrogens (tertiary/aromatic N) is 2. The minimum Gasteiger partial charge on any atom is -0.380 e. The fourth-order valence-corrected chi connectivity index (χ4v) is 4.31. The van der Waals surface area contributed by atoms with Crippen LogP contribution in [0.1, 0.15) is 22.3 Å². The van der Waals surface area contributed by atoms with Gasteiger partial charge in [0.2, 0.25) is 10.0 Å². The predicted octanol–water partition coefficient (Wildman–Crippen LogP) is 2.28. The fraction of sp³-hybridized carbons (Fsp3) is 0.353. The van der Waals surface area contributed by atoms with Gasteiger partial charge in [-0.2, -0.15) is 4.31 Å². The summed E-state index contributed by atoms with van der Waals surface area (Å²) in [7, 11) is -1.82. The molecule has 0 spiro atoms. The van der Waals surface area contributed by atoms with Gasteiger partial charge in [-0.25, -0.2) is 8.42 Å². The van der Waals surface area contributed by atoms with E-state index in [-0.39, 0.29) is 0 Å². The number of sulfonamides is 1. The van der Waals surface area contributed by atoms with Gasteiger partial charge in [0.1, 0.15) is 0 Å². The average Bonchev–Trinajstić information content (AvgIpc) is 2.55. The van der Waals surface area contributed by atoms with E-state index in [4.69, 9.17) is 4.74 Å². The molecule has 1 aliphatic heterocycles. The Morgan fingerprint density at radius 2 is 1.96 bits per heavy atom. The maximum atomic E-state index is 12.8. The molecule has 2 aromatic rings. The molecule has 0 saturated heterocycles. The van der Waals surface area contributed by atoms with Crippen molar-refractivity contribution in [3.05, 3.63) is 58.9 Å². The van der Waals surface area contributed by atoms with Crippen molar-refractivity contribution < 1.29 is 13.2 Å². The van der Waals surface area contributed by atoms with Crippen LogP contribution in [0.4, 0.5) is 0 Å². The molecule has 2 heterocycles. The highest BCUT2D eigenvalue weighted by atomic mass is 32.2. The summed E-state index contributed by atoms with van der Waals surface area (Å²) in [5.74, 6) is 0. The van der Waals surface area contributed by atoms with Crippen molar-refractivity contribution in [1.29, 1.82) is 0 Å². The first kappa shape index (κ1) is 16.1. The Labute approximate surface area is 137 Å². The SMILES string of the molecule is COCc1cncc2c1CCN(S(=O)(=O)c1ccc(C)cc1)C2. The van der Waals surface area contributed by atoms with Crippen molar-refractivity contribution >= 4 is 10.0 Å². The molecule has 0 fully saturated rings. The molecular formula is C17H20N2O3S. The van der Waals surface area contributed by atoms with Crippen LogP contribution in [0.3, 0.4) is 0 Å². The molecule has 0 radical (unpaired) electrons. The summed E-state index contributed by atoms with van der Waals surface area (Å²) in [6.07, 6.45) is 4.24. The molecule has 0 unspecified atom stereocenters. The molecule has 0 saturated carbocycles. The second kappa shape index (κ2) is 6.39. The zero-order valence-electron chi connectivity index (χ0n) is 13.3. The topological polar surface area (TPSA) is 59.5 Å². The molecule has 0 atom stereocenters. The third-order valence-electron chi connectivity index (χ3n) is 4.15. The number of rotatable bonds is 4. The maximum absolute atomic E-state index is 12.8. The molecule has 0 bridgehead atoms. The van der Waals surface area contributed by atoms with Crippen LogP contribution in [0, 0.1) is 6.92 Å². The Kier molecular flexibility index (Phi) is 4.48. The highest BCUT2D eigenvalue weighted by Gasteiger charge is 2.29. The summed E-state index contributed by atoms with van der Waals surface area (Å²) in [6, 6.07) is 6.98. The van der Waals surface area contributed by atoms with E-state index in [9.17, 15) is 8.42 Å². The van der Waals surface area contributed by atoms with Crippen LogP contribution in [0.5, 0.6) is 0 Å². The number of aromatic nitrogens is 1. The predicted molar refractivity (Wildman–Crippen MR) is 87.4 cm³/mol. The lowest BCUT2D eigenvalue weighted by atomic mass is 9.99. The van der Waals surface area contributed by atoms with Crippen LogP contribution < -0.4 is 0 Å². The molecule has 0 amide bonds. The van der Waals surface area contributed by atoms with Crippen molar-refractivity contribution in [2.45, 2.75) is 31.4 Å². The van der Waals surface area contributed by atoms with Gasteiger partial charge < -0.3 is 4.74 Å². The molecule has 1 aliphatic rings. The van der Waals surface area contributed by atoms with Gasteiger partial charge >= 0.3 is 0 Å². The Morgan fingerprint density at radius 1 is 1.22 bits per heavy atom. The normalized spacial score (nSPS) is 15.4. The van der Waals surface area contributed by atoms with Crippen LogP contribution in [0.15, 0.2) is 41.6 Å². The third kappa shape index (κ3) is 3.15. The van der Waals surface area contributed by atoms with Gasteiger partial charge in [-0.05, 0) is 42.2 Å². The summed E-state index contributed by atoms with van der Waals surface area (Å²) in [5.41, 5.74) is 4.21. The molecule has 1 aromatic heterocycles. The number of hydrogen-bond donors (Lipinski definition) is 0. The highest BCUT2D eigenvalue weighted by Crippen LogP contribution is 2.26. The first-order valence-corrected chi connectivity index (χ1v) is 8.97. The van der Waals surface area contributed by atoms with Crippen LogP contribution >= 0.6 is 0 Å². The van der Waals surface area contributed by atoms with E-state index in [2.05, 4.69) is 4.98 Å². The first-order chi connectivity index (χ1) is 11.0. The molecule has 23 heavy (non-hydrogen) atoms. The minimum absolute atomic E-state index is 0.340. The summed E-state index contributed by atoms with van der Waals surface area (Å²) >= 11 is 0. The van der Waals surface area contributed by atoms with E-state index in [0.717, 1.165) is 22.3 Å². The fourth-order valence-electron chi connectivity index (χ4n) is 2.89. The molecule has 0 aliphatic carbocycles. The van der Waals surface area contributed by atoms with Gasteiger partial charge in [0.05, 0.1) is 11.5 Å². The van der Waals surface area contributed by atoms with Gasteiger partial charge in [-0.1, -0.05) is 17.7 Å². The summed E-state index contributed by atoms with van der Waals surface area (Å²) in [6.45, 7) is 3.28. The van der Waals surface area contributed by atoms with Gasteiger partial charge in [0.25, 0.3) is 0 Å². The second-order valence-corrected chi connectivity index (χ2v) is 7.71. The Balaban J connectivity index is 1.90. The van der Waals surface area contributed by atoms with Crippen LogP contribution in [0.2, 0.25) is 0 Å². The van der Waals surface area contributed by atoms with E-state index >= 15 is 0 Å². The summed E-state index contributed by atoms with van der Waals surface area (Å²) in [5, 5.41) is 0. The number of aryl methyl sites for hydroxylation is 1. The van der Waals surface area contributed by atoms with Crippen molar-refractivity contribution in [2.75, 3.05) is 13.7 Å². The van der Waals surface area contributed by atoms with Gasteiger partial charge in [-0.15, -0.1) is 0 Å². The van der Waals surface area contributed by atoms with E-state index in [1.165, 1.54) is 4.31 Å². The van der Waals surface area contributed by atoms with Gasteiger partial charge in [0, 0.05) is 32.6 Å². The first-order valence-electron chi connectivity index (χ1n) is 7.53. The number of fused-ring (bicyclic) bond motifs is 1.